The lowest BCUT2D eigenvalue weighted by Gasteiger charge is -2.32. The number of hydrogen-bond acceptors (Lipinski definition) is 8. The Hall–Kier alpha value is -3.97. The maximum Gasteiger partial charge on any atom is 0.340 e. The second kappa shape index (κ2) is 10.6. The maximum absolute atomic E-state index is 12.9. The number of nitrogens with zero attached hydrogens (tertiary/aromatic N) is 3. The van der Waals surface area contributed by atoms with Crippen LogP contribution in [0.3, 0.4) is 0 Å². The fourth-order valence-electron chi connectivity index (χ4n) is 4.36. The van der Waals surface area contributed by atoms with Gasteiger partial charge in [-0.2, -0.15) is 5.26 Å². The van der Waals surface area contributed by atoms with Crippen LogP contribution < -0.4 is 9.62 Å². The van der Waals surface area contributed by atoms with Gasteiger partial charge in [-0.1, -0.05) is 30.3 Å². The van der Waals surface area contributed by atoms with Crippen molar-refractivity contribution in [3.8, 4) is 6.07 Å². The van der Waals surface area contributed by atoms with Crippen molar-refractivity contribution in [1.82, 2.24) is 9.71 Å². The summed E-state index contributed by atoms with van der Waals surface area (Å²) in [6, 6.07) is 15.7. The number of amides is 1. The minimum absolute atomic E-state index is 0.0337. The van der Waals surface area contributed by atoms with Crippen LogP contribution in [0.25, 0.3) is 10.8 Å². The van der Waals surface area contributed by atoms with Crippen LogP contribution in [0.2, 0.25) is 0 Å². The highest BCUT2D eigenvalue weighted by Crippen LogP contribution is 2.27. The first-order valence-electron chi connectivity index (χ1n) is 12.0. The van der Waals surface area contributed by atoms with Crippen LogP contribution in [-0.4, -0.2) is 44.5 Å². The molecule has 0 spiro atoms. The SMILES string of the molecule is Cc1nc(N2CCC(C(=O)NS(=O)(=O)c3ccc4ccccc4c3)CC2)c(C#N)cc1C(=O)OC(C)C. The molecule has 1 aliphatic rings. The van der Waals surface area contributed by atoms with Gasteiger partial charge in [-0.15, -0.1) is 0 Å². The van der Waals surface area contributed by atoms with Crippen molar-refractivity contribution in [1.29, 1.82) is 5.26 Å². The molecule has 0 atom stereocenters. The van der Waals surface area contributed by atoms with Crippen LogP contribution in [0, 0.1) is 24.2 Å². The lowest BCUT2D eigenvalue weighted by Crippen LogP contribution is -2.42. The van der Waals surface area contributed by atoms with E-state index in [1.54, 1.807) is 32.9 Å². The van der Waals surface area contributed by atoms with E-state index < -0.39 is 27.8 Å². The highest BCUT2D eigenvalue weighted by atomic mass is 32.2. The molecule has 1 aliphatic heterocycles. The molecular weight excluding hydrogens is 492 g/mol. The average Bonchev–Trinajstić information content (AvgIpc) is 2.87. The molecule has 192 valence electrons. The van der Waals surface area contributed by atoms with Gasteiger partial charge in [0.15, 0.2) is 0 Å². The summed E-state index contributed by atoms with van der Waals surface area (Å²) >= 11 is 0. The van der Waals surface area contributed by atoms with Gasteiger partial charge in [-0.3, -0.25) is 4.79 Å². The smallest absolute Gasteiger partial charge is 0.340 e. The monoisotopic (exact) mass is 520 g/mol. The molecule has 1 saturated heterocycles. The van der Waals surface area contributed by atoms with Gasteiger partial charge in [-0.05, 0) is 62.6 Å². The van der Waals surface area contributed by atoms with E-state index in [9.17, 15) is 23.3 Å². The number of nitriles is 1. The summed E-state index contributed by atoms with van der Waals surface area (Å²) in [7, 11) is -4.02. The number of pyridine rings is 1. The number of hydrogen-bond donors (Lipinski definition) is 1. The van der Waals surface area contributed by atoms with Gasteiger partial charge in [0.25, 0.3) is 10.0 Å². The minimum atomic E-state index is -4.02. The second-order valence-electron chi connectivity index (χ2n) is 9.30. The van der Waals surface area contributed by atoms with Crippen molar-refractivity contribution in [3.63, 3.8) is 0 Å². The third kappa shape index (κ3) is 5.73. The normalized spacial score (nSPS) is 14.4. The number of anilines is 1. The van der Waals surface area contributed by atoms with E-state index in [2.05, 4.69) is 15.8 Å². The molecule has 3 aromatic rings. The molecule has 1 amide bonds. The summed E-state index contributed by atoms with van der Waals surface area (Å²) in [5.74, 6) is -1.16. The second-order valence-corrected chi connectivity index (χ2v) is 11.0. The van der Waals surface area contributed by atoms with Crippen molar-refractivity contribution in [2.75, 3.05) is 18.0 Å². The highest BCUT2D eigenvalue weighted by Gasteiger charge is 2.30. The van der Waals surface area contributed by atoms with E-state index in [4.69, 9.17) is 4.74 Å². The summed E-state index contributed by atoms with van der Waals surface area (Å²) in [6.07, 6.45) is 0.483. The van der Waals surface area contributed by atoms with Gasteiger partial charge in [0.05, 0.1) is 27.8 Å². The van der Waals surface area contributed by atoms with Crippen LogP contribution in [0.5, 0.6) is 0 Å². The number of esters is 1. The molecule has 10 heteroatoms. The standard InChI is InChI=1S/C27H28N4O5S/c1-17(2)36-27(33)24-15-22(16-28)25(29-18(24)3)31-12-10-20(11-13-31)26(32)30-37(34,35)23-9-8-19-6-4-5-7-21(19)14-23/h4-9,14-15,17,20H,10-13H2,1-3H3,(H,30,32). The van der Waals surface area contributed by atoms with Gasteiger partial charge in [0, 0.05) is 19.0 Å². The molecule has 37 heavy (non-hydrogen) atoms. The molecule has 1 aromatic heterocycles. The fourth-order valence-corrected chi connectivity index (χ4v) is 5.44. The average molecular weight is 521 g/mol. The molecular formula is C27H28N4O5S. The summed E-state index contributed by atoms with van der Waals surface area (Å²) in [6.45, 7) is 5.98. The van der Waals surface area contributed by atoms with Crippen LogP contribution >= 0.6 is 0 Å². The molecule has 1 fully saturated rings. The van der Waals surface area contributed by atoms with Crippen molar-refractivity contribution >= 4 is 38.5 Å². The first kappa shape index (κ1) is 26.1. The summed E-state index contributed by atoms with van der Waals surface area (Å²) in [5, 5.41) is 11.3. The minimum Gasteiger partial charge on any atom is -0.459 e. The number of ether oxygens (including phenoxy) is 1. The number of aryl methyl sites for hydroxylation is 1. The van der Waals surface area contributed by atoms with Crippen LogP contribution in [0.1, 0.15) is 48.3 Å². The molecule has 0 radical (unpaired) electrons. The predicted octanol–water partition coefficient (Wildman–Crippen LogP) is 3.70. The van der Waals surface area contributed by atoms with Crippen molar-refractivity contribution in [3.05, 3.63) is 65.4 Å². The van der Waals surface area contributed by atoms with Gasteiger partial charge in [0.1, 0.15) is 11.9 Å². The number of aromatic nitrogens is 1. The number of fused-ring (bicyclic) bond motifs is 1. The predicted molar refractivity (Wildman–Crippen MR) is 138 cm³/mol. The molecule has 4 rings (SSSR count). The largest absolute Gasteiger partial charge is 0.459 e. The van der Waals surface area contributed by atoms with E-state index in [0.29, 0.717) is 37.4 Å². The van der Waals surface area contributed by atoms with E-state index in [1.807, 2.05) is 29.2 Å². The molecule has 0 bridgehead atoms. The highest BCUT2D eigenvalue weighted by molar-refractivity contribution is 7.90. The van der Waals surface area contributed by atoms with Crippen LogP contribution in [0.4, 0.5) is 5.82 Å². The molecule has 1 N–H and O–H groups in total. The number of carbonyl (C=O) groups excluding carboxylic acids is 2. The zero-order valence-corrected chi connectivity index (χ0v) is 21.7. The molecule has 2 aromatic carbocycles. The Bertz CT molecular complexity index is 1500. The Labute approximate surface area is 216 Å². The van der Waals surface area contributed by atoms with Gasteiger partial charge < -0.3 is 9.64 Å². The number of rotatable bonds is 6. The molecule has 2 heterocycles. The summed E-state index contributed by atoms with van der Waals surface area (Å²) in [4.78, 5) is 31.6. The molecule has 0 aliphatic carbocycles. The van der Waals surface area contributed by atoms with Gasteiger partial charge in [-0.25, -0.2) is 22.9 Å². The van der Waals surface area contributed by atoms with Crippen molar-refractivity contribution in [2.24, 2.45) is 5.92 Å². The third-order valence-corrected chi connectivity index (χ3v) is 7.65. The fraction of sp³-hybridized carbons (Fsp3) is 0.333. The zero-order chi connectivity index (χ0) is 26.7. The Morgan fingerprint density at radius 3 is 2.43 bits per heavy atom. The lowest BCUT2D eigenvalue weighted by molar-refractivity contribution is -0.123. The van der Waals surface area contributed by atoms with E-state index in [1.165, 1.54) is 12.1 Å². The number of nitrogens with one attached hydrogen (secondary N) is 1. The molecule has 9 nitrogen and oxygen atoms in total. The van der Waals surface area contributed by atoms with E-state index in [0.717, 1.165) is 10.8 Å². The first-order chi connectivity index (χ1) is 17.6. The third-order valence-electron chi connectivity index (χ3n) is 6.31. The summed E-state index contributed by atoms with van der Waals surface area (Å²) < 4.78 is 33.2. The Kier molecular flexibility index (Phi) is 7.45. The van der Waals surface area contributed by atoms with E-state index in [-0.39, 0.29) is 22.1 Å². The summed E-state index contributed by atoms with van der Waals surface area (Å²) in [5.41, 5.74) is 0.922. The number of benzene rings is 2. The quantitative estimate of drug-likeness (QED) is 0.487. The lowest BCUT2D eigenvalue weighted by atomic mass is 9.96. The van der Waals surface area contributed by atoms with Crippen LogP contribution in [0.15, 0.2) is 53.4 Å². The Balaban J connectivity index is 1.44. The molecule has 0 saturated carbocycles. The molecule has 0 unspecified atom stereocenters. The van der Waals surface area contributed by atoms with Crippen molar-refractivity contribution in [2.45, 2.75) is 44.6 Å². The van der Waals surface area contributed by atoms with E-state index >= 15 is 0 Å². The zero-order valence-electron chi connectivity index (χ0n) is 20.9. The number of piperidine rings is 1. The number of sulfonamides is 1. The van der Waals surface area contributed by atoms with Gasteiger partial charge >= 0.3 is 5.97 Å². The first-order valence-corrected chi connectivity index (χ1v) is 13.5. The van der Waals surface area contributed by atoms with Crippen LogP contribution in [-0.2, 0) is 19.6 Å². The topological polar surface area (TPSA) is 129 Å². The Morgan fingerprint density at radius 1 is 1.11 bits per heavy atom. The maximum atomic E-state index is 12.9. The van der Waals surface area contributed by atoms with Gasteiger partial charge in [0.2, 0.25) is 5.91 Å². The Morgan fingerprint density at radius 2 is 1.78 bits per heavy atom. The van der Waals surface area contributed by atoms with Crippen molar-refractivity contribution < 1.29 is 22.7 Å². The number of carbonyl (C=O) groups is 2.